The van der Waals surface area contributed by atoms with Crippen LogP contribution in [0.5, 0.6) is 0 Å². The van der Waals surface area contributed by atoms with Crippen LogP contribution in [0.25, 0.3) is 0 Å². The minimum Gasteiger partial charge on any atom is -0.338 e. The van der Waals surface area contributed by atoms with E-state index in [0.717, 1.165) is 0 Å². The Morgan fingerprint density at radius 1 is 1.04 bits per heavy atom. The van der Waals surface area contributed by atoms with Crippen molar-refractivity contribution in [2.75, 3.05) is 37.6 Å². The van der Waals surface area contributed by atoms with Crippen LogP contribution in [0.2, 0.25) is 0 Å². The zero-order valence-electron chi connectivity index (χ0n) is 13.7. The zero-order valence-corrected chi connectivity index (χ0v) is 13.7. The summed E-state index contributed by atoms with van der Waals surface area (Å²) in [5, 5.41) is 2.71. The first-order valence-electron chi connectivity index (χ1n) is 8.13. The van der Waals surface area contributed by atoms with Gasteiger partial charge < -0.3 is 15.1 Å². The Kier molecular flexibility index (Phi) is 5.37. The summed E-state index contributed by atoms with van der Waals surface area (Å²) in [6, 6.07) is 5.27. The SMILES string of the molecule is O=C(NCCc1c(F)cccc1F)N1CCN(c2ncccn2)CC1. The molecule has 2 heterocycles. The molecule has 1 aliphatic rings. The highest BCUT2D eigenvalue weighted by atomic mass is 19.1. The van der Waals surface area contributed by atoms with E-state index in [0.29, 0.717) is 32.1 Å². The molecule has 1 fully saturated rings. The summed E-state index contributed by atoms with van der Waals surface area (Å²) in [7, 11) is 0. The predicted molar refractivity (Wildman–Crippen MR) is 89.3 cm³/mol. The quantitative estimate of drug-likeness (QED) is 0.917. The molecule has 2 amide bonds. The Morgan fingerprint density at radius 2 is 1.68 bits per heavy atom. The summed E-state index contributed by atoms with van der Waals surface area (Å²) >= 11 is 0. The third-order valence-electron chi connectivity index (χ3n) is 4.11. The third-order valence-corrected chi connectivity index (χ3v) is 4.11. The minimum atomic E-state index is -0.592. The molecule has 6 nitrogen and oxygen atoms in total. The number of amides is 2. The van der Waals surface area contributed by atoms with Gasteiger partial charge in [0.25, 0.3) is 0 Å². The summed E-state index contributed by atoms with van der Waals surface area (Å²) in [6.45, 7) is 2.54. The number of urea groups is 1. The lowest BCUT2D eigenvalue weighted by Gasteiger charge is -2.34. The van der Waals surface area contributed by atoms with Crippen LogP contribution in [0.3, 0.4) is 0 Å². The fourth-order valence-electron chi connectivity index (χ4n) is 2.74. The van der Waals surface area contributed by atoms with Crippen LogP contribution in [0.1, 0.15) is 5.56 Å². The fourth-order valence-corrected chi connectivity index (χ4v) is 2.74. The van der Waals surface area contributed by atoms with Gasteiger partial charge in [0.2, 0.25) is 5.95 Å². The van der Waals surface area contributed by atoms with E-state index in [1.165, 1.54) is 18.2 Å². The van der Waals surface area contributed by atoms with Crippen molar-refractivity contribution in [3.05, 3.63) is 53.9 Å². The van der Waals surface area contributed by atoms with Gasteiger partial charge in [0, 0.05) is 50.7 Å². The molecule has 0 bridgehead atoms. The second-order valence-electron chi connectivity index (χ2n) is 5.71. The van der Waals surface area contributed by atoms with Gasteiger partial charge in [-0.05, 0) is 24.6 Å². The molecule has 0 atom stereocenters. The molecular formula is C17H19F2N5O. The van der Waals surface area contributed by atoms with E-state index in [1.54, 1.807) is 23.4 Å². The second-order valence-corrected chi connectivity index (χ2v) is 5.71. The summed E-state index contributed by atoms with van der Waals surface area (Å²) in [4.78, 5) is 24.3. The third kappa shape index (κ3) is 4.20. The number of nitrogens with zero attached hydrogens (tertiary/aromatic N) is 4. The van der Waals surface area contributed by atoms with Gasteiger partial charge in [-0.15, -0.1) is 0 Å². The summed E-state index contributed by atoms with van der Waals surface area (Å²) < 4.78 is 27.1. The second kappa shape index (κ2) is 7.87. The molecule has 1 saturated heterocycles. The van der Waals surface area contributed by atoms with Crippen molar-refractivity contribution < 1.29 is 13.6 Å². The number of hydrogen-bond acceptors (Lipinski definition) is 4. The highest BCUT2D eigenvalue weighted by Crippen LogP contribution is 2.12. The number of piperazine rings is 1. The molecule has 0 spiro atoms. The first kappa shape index (κ1) is 17.1. The lowest BCUT2D eigenvalue weighted by molar-refractivity contribution is 0.194. The first-order chi connectivity index (χ1) is 12.1. The average molecular weight is 347 g/mol. The number of nitrogens with one attached hydrogen (secondary N) is 1. The number of aromatic nitrogens is 2. The van der Waals surface area contributed by atoms with Crippen molar-refractivity contribution in [2.45, 2.75) is 6.42 Å². The van der Waals surface area contributed by atoms with Crippen LogP contribution in [-0.4, -0.2) is 53.6 Å². The minimum absolute atomic E-state index is 0.00570. The molecule has 1 aromatic carbocycles. The van der Waals surface area contributed by atoms with Gasteiger partial charge in [-0.2, -0.15) is 0 Å². The standard InChI is InChI=1S/C17H19F2N5O/c18-14-3-1-4-15(19)13(14)5-8-22-17(25)24-11-9-23(10-12-24)16-20-6-2-7-21-16/h1-4,6-7H,5,8-12H2,(H,22,25). The van der Waals surface area contributed by atoms with E-state index in [4.69, 9.17) is 0 Å². The number of halogens is 2. The Morgan fingerprint density at radius 3 is 2.32 bits per heavy atom. The van der Waals surface area contributed by atoms with Crippen LogP contribution >= 0.6 is 0 Å². The molecule has 0 unspecified atom stereocenters. The van der Waals surface area contributed by atoms with Crippen molar-refractivity contribution in [3.63, 3.8) is 0 Å². The molecule has 1 aromatic heterocycles. The number of benzene rings is 1. The molecule has 132 valence electrons. The van der Waals surface area contributed by atoms with Gasteiger partial charge >= 0.3 is 6.03 Å². The van der Waals surface area contributed by atoms with Crippen LogP contribution in [0.15, 0.2) is 36.7 Å². The molecule has 1 aliphatic heterocycles. The van der Waals surface area contributed by atoms with E-state index < -0.39 is 11.6 Å². The van der Waals surface area contributed by atoms with Crippen LogP contribution in [-0.2, 0) is 6.42 Å². The number of anilines is 1. The number of carbonyl (C=O) groups is 1. The molecule has 0 saturated carbocycles. The van der Waals surface area contributed by atoms with E-state index in [2.05, 4.69) is 15.3 Å². The van der Waals surface area contributed by atoms with Gasteiger partial charge in [0.1, 0.15) is 11.6 Å². The fraction of sp³-hybridized carbons (Fsp3) is 0.353. The van der Waals surface area contributed by atoms with E-state index in [-0.39, 0.29) is 24.6 Å². The average Bonchev–Trinajstić information content (AvgIpc) is 2.65. The lowest BCUT2D eigenvalue weighted by atomic mass is 10.1. The van der Waals surface area contributed by atoms with Crippen LogP contribution in [0.4, 0.5) is 19.5 Å². The van der Waals surface area contributed by atoms with E-state index in [9.17, 15) is 13.6 Å². The van der Waals surface area contributed by atoms with Gasteiger partial charge in [0.15, 0.2) is 0 Å². The highest BCUT2D eigenvalue weighted by molar-refractivity contribution is 5.74. The zero-order chi connectivity index (χ0) is 17.6. The van der Waals surface area contributed by atoms with E-state index in [1.807, 2.05) is 4.90 Å². The molecule has 2 aromatic rings. The topological polar surface area (TPSA) is 61.4 Å². The predicted octanol–water partition coefficient (Wildman–Crippen LogP) is 1.83. The van der Waals surface area contributed by atoms with Crippen LogP contribution < -0.4 is 10.2 Å². The Hall–Kier alpha value is -2.77. The molecule has 3 rings (SSSR count). The van der Waals surface area contributed by atoms with Crippen molar-refractivity contribution in [2.24, 2.45) is 0 Å². The Balaban J connectivity index is 1.45. The lowest BCUT2D eigenvalue weighted by Crippen LogP contribution is -2.52. The number of rotatable bonds is 4. The molecule has 25 heavy (non-hydrogen) atoms. The van der Waals surface area contributed by atoms with Gasteiger partial charge in [0.05, 0.1) is 0 Å². The maximum atomic E-state index is 13.6. The summed E-state index contributed by atoms with van der Waals surface area (Å²) in [5.41, 5.74) is -0.00570. The smallest absolute Gasteiger partial charge is 0.317 e. The largest absolute Gasteiger partial charge is 0.338 e. The maximum absolute atomic E-state index is 13.6. The molecular weight excluding hydrogens is 328 g/mol. The molecule has 0 radical (unpaired) electrons. The molecule has 8 heteroatoms. The Labute approximate surface area is 144 Å². The van der Waals surface area contributed by atoms with Crippen molar-refractivity contribution >= 4 is 12.0 Å². The number of hydrogen-bond donors (Lipinski definition) is 1. The molecule has 1 N–H and O–H groups in total. The number of carbonyl (C=O) groups excluding carboxylic acids is 1. The monoisotopic (exact) mass is 347 g/mol. The first-order valence-corrected chi connectivity index (χ1v) is 8.13. The van der Waals surface area contributed by atoms with Gasteiger partial charge in [-0.3, -0.25) is 0 Å². The van der Waals surface area contributed by atoms with Crippen LogP contribution in [0, 0.1) is 11.6 Å². The maximum Gasteiger partial charge on any atom is 0.317 e. The Bertz CT molecular complexity index is 700. The van der Waals surface area contributed by atoms with Crippen molar-refractivity contribution in [1.29, 1.82) is 0 Å². The van der Waals surface area contributed by atoms with Gasteiger partial charge in [-0.1, -0.05) is 6.07 Å². The summed E-state index contributed by atoms with van der Waals surface area (Å²) in [5.74, 6) is -0.533. The normalized spacial score (nSPS) is 14.5. The van der Waals surface area contributed by atoms with Crippen molar-refractivity contribution in [1.82, 2.24) is 20.2 Å². The molecule has 0 aliphatic carbocycles. The van der Waals surface area contributed by atoms with E-state index >= 15 is 0 Å². The van der Waals surface area contributed by atoms with Gasteiger partial charge in [-0.25, -0.2) is 23.5 Å². The highest BCUT2D eigenvalue weighted by Gasteiger charge is 2.22. The summed E-state index contributed by atoms with van der Waals surface area (Å²) in [6.07, 6.45) is 3.48. The van der Waals surface area contributed by atoms with Crippen molar-refractivity contribution in [3.8, 4) is 0 Å².